The monoisotopic (exact) mass is 810 g/mol. The van der Waals surface area contributed by atoms with Gasteiger partial charge in [0.2, 0.25) is 35.4 Å². The Bertz CT molecular complexity index is 1890. The van der Waals surface area contributed by atoms with Gasteiger partial charge >= 0.3 is 5.97 Å². The van der Waals surface area contributed by atoms with Crippen LogP contribution in [-0.4, -0.2) is 130 Å². The largest absolute Gasteiger partial charge is 0.458 e. The second kappa shape index (κ2) is 18.4. The molecule has 2 aromatic rings. The van der Waals surface area contributed by atoms with E-state index < -0.39 is 108 Å². The van der Waals surface area contributed by atoms with Crippen molar-refractivity contribution in [1.82, 2.24) is 30.7 Å². The number of esters is 1. The normalized spacial score (nSPS) is 27.0. The maximum atomic E-state index is 14.6. The molecule has 3 aliphatic heterocycles. The lowest BCUT2D eigenvalue weighted by atomic mass is 10.0. The minimum Gasteiger partial charge on any atom is -0.458 e. The number of aryl methyl sites for hydroxylation is 1. The molecule has 0 saturated carbocycles. The van der Waals surface area contributed by atoms with Crippen LogP contribution in [0.3, 0.4) is 0 Å². The van der Waals surface area contributed by atoms with E-state index in [1.807, 2.05) is 26.0 Å². The maximum absolute atomic E-state index is 14.6. The number of cyclic esters (lactones) is 1. The Morgan fingerprint density at radius 2 is 1.59 bits per heavy atom. The number of aliphatic hydroxyl groups is 1. The zero-order valence-corrected chi connectivity index (χ0v) is 33.5. The van der Waals surface area contributed by atoms with Crippen LogP contribution in [0.5, 0.6) is 0 Å². The number of rotatable bonds is 8. The van der Waals surface area contributed by atoms with E-state index in [1.54, 1.807) is 12.1 Å². The third kappa shape index (κ3) is 10.2. The van der Waals surface area contributed by atoms with Crippen LogP contribution in [0.15, 0.2) is 42.5 Å². The molecule has 0 aromatic heterocycles. The quantitative estimate of drug-likeness (QED) is 0.281. The molecule has 9 atom stereocenters. The van der Waals surface area contributed by atoms with Crippen LogP contribution in [0, 0.1) is 24.5 Å². The van der Waals surface area contributed by atoms with Crippen molar-refractivity contribution in [3.63, 3.8) is 0 Å². The molecule has 6 amide bonds. The minimum atomic E-state index is -1.67. The number of amides is 6. The lowest BCUT2D eigenvalue weighted by Crippen LogP contribution is -2.63. The summed E-state index contributed by atoms with van der Waals surface area (Å²) in [7, 11) is 1.30. The molecule has 0 spiro atoms. The van der Waals surface area contributed by atoms with Gasteiger partial charge in [-0.25, -0.2) is 13.6 Å². The highest BCUT2D eigenvalue weighted by Gasteiger charge is 2.47. The molecule has 3 fully saturated rings. The van der Waals surface area contributed by atoms with Crippen molar-refractivity contribution in [2.24, 2.45) is 5.92 Å². The number of hydrogen-bond donors (Lipinski definition) is 4. The number of carbonyl (C=O) groups excluding carboxylic acids is 7. The Morgan fingerprint density at radius 1 is 0.931 bits per heavy atom. The van der Waals surface area contributed by atoms with Gasteiger partial charge in [-0.2, -0.15) is 0 Å². The number of fused-ring (bicyclic) bond motifs is 2. The number of nitrogens with zero attached hydrogens (tertiary/aromatic N) is 3. The summed E-state index contributed by atoms with van der Waals surface area (Å²) in [5, 5.41) is 18.5. The Balaban J connectivity index is 1.51. The minimum absolute atomic E-state index is 0.0244. The van der Waals surface area contributed by atoms with Crippen molar-refractivity contribution < 1.29 is 52.2 Å². The average Bonchev–Trinajstić information content (AvgIpc) is 3.80. The molecule has 0 bridgehead atoms. The van der Waals surface area contributed by atoms with Gasteiger partial charge in [0, 0.05) is 32.6 Å². The lowest BCUT2D eigenvalue weighted by molar-refractivity contribution is -0.163. The van der Waals surface area contributed by atoms with E-state index in [4.69, 9.17) is 4.74 Å². The third-order valence-corrected chi connectivity index (χ3v) is 10.9. The second-order valence-electron chi connectivity index (χ2n) is 15.8. The highest BCUT2D eigenvalue weighted by Crippen LogP contribution is 2.27. The smallest absolute Gasteiger partial charge is 0.329 e. The molecular formula is C41H52F2N6O9. The number of likely N-dealkylation sites (N-methyl/N-ethyl adjacent to an activating group) is 1. The molecule has 17 heteroatoms. The Labute approximate surface area is 335 Å². The first-order valence-electron chi connectivity index (χ1n) is 19.5. The van der Waals surface area contributed by atoms with E-state index in [1.165, 1.54) is 37.6 Å². The highest BCUT2D eigenvalue weighted by atomic mass is 19.1. The summed E-state index contributed by atoms with van der Waals surface area (Å²) in [6, 6.07) is 1.70. The lowest BCUT2D eigenvalue weighted by Gasteiger charge is -2.37. The van der Waals surface area contributed by atoms with Crippen LogP contribution in [0.4, 0.5) is 8.78 Å². The van der Waals surface area contributed by atoms with Crippen LogP contribution >= 0.6 is 0 Å². The summed E-state index contributed by atoms with van der Waals surface area (Å²) < 4.78 is 34.5. The van der Waals surface area contributed by atoms with Crippen LogP contribution in [0.1, 0.15) is 63.6 Å². The van der Waals surface area contributed by atoms with Gasteiger partial charge in [-0.3, -0.25) is 28.8 Å². The summed E-state index contributed by atoms with van der Waals surface area (Å²) in [4.78, 5) is 101. The fraction of sp³-hybridized carbons (Fsp3) is 0.537. The standard InChI is InChI=1S/C41H52F2N6O9/c1-21-9-11-26(12-10-21)18-33(51)45-30(17-27-15-28(42)19-29(43)16-27)36(52)46-34-25(5)58-41(57)32-14-22(2)20-49(32)38(54)23(3)44-37(53)35(24(4)50)47(6)39(55)31-8-7-13-48(31)40(34)56/h9-12,15-16,19,22-25,30-32,34-35,50H,7-8,13-14,17-18,20H2,1-6H3,(H,44,53)(H,45,51)(H,46,52)/t22-,23-,24?,25-,30-,31-,32-,34-,35-/m0/s1. The Morgan fingerprint density at radius 3 is 2.22 bits per heavy atom. The number of nitrogens with one attached hydrogen (secondary N) is 3. The van der Waals surface area contributed by atoms with E-state index in [0.717, 1.165) is 22.6 Å². The van der Waals surface area contributed by atoms with Gasteiger partial charge in [-0.1, -0.05) is 36.8 Å². The maximum Gasteiger partial charge on any atom is 0.329 e. The van der Waals surface area contributed by atoms with E-state index >= 15 is 0 Å². The number of hydrogen-bond acceptors (Lipinski definition) is 9. The van der Waals surface area contributed by atoms with Crippen molar-refractivity contribution in [3.8, 4) is 0 Å². The Kier molecular flexibility index (Phi) is 13.9. The number of aliphatic hydroxyl groups excluding tert-OH is 1. The van der Waals surface area contributed by atoms with E-state index in [0.29, 0.717) is 18.1 Å². The van der Waals surface area contributed by atoms with Crippen LogP contribution in [0.2, 0.25) is 0 Å². The zero-order valence-electron chi connectivity index (χ0n) is 33.5. The molecule has 0 aliphatic carbocycles. The molecule has 58 heavy (non-hydrogen) atoms. The molecule has 2 aromatic carbocycles. The van der Waals surface area contributed by atoms with Gasteiger partial charge in [-0.15, -0.1) is 0 Å². The first-order chi connectivity index (χ1) is 27.3. The molecular weight excluding hydrogens is 758 g/mol. The zero-order chi connectivity index (χ0) is 42.6. The molecule has 15 nitrogen and oxygen atoms in total. The average molecular weight is 811 g/mol. The summed E-state index contributed by atoms with van der Waals surface area (Å²) in [6.45, 7) is 7.99. The first-order valence-corrected chi connectivity index (χ1v) is 19.5. The number of ether oxygens (including phenoxy) is 1. The summed E-state index contributed by atoms with van der Waals surface area (Å²) in [5.74, 6) is -7.39. The summed E-state index contributed by atoms with van der Waals surface area (Å²) in [5.41, 5.74) is 1.61. The van der Waals surface area contributed by atoms with Crippen molar-refractivity contribution in [1.29, 1.82) is 0 Å². The van der Waals surface area contributed by atoms with Gasteiger partial charge in [0.25, 0.3) is 0 Å². The van der Waals surface area contributed by atoms with E-state index in [2.05, 4.69) is 16.0 Å². The van der Waals surface area contributed by atoms with E-state index in [-0.39, 0.29) is 43.8 Å². The number of carbonyl (C=O) groups is 7. The second-order valence-corrected chi connectivity index (χ2v) is 15.8. The Hall–Kier alpha value is -5.45. The van der Waals surface area contributed by atoms with E-state index in [9.17, 15) is 47.4 Å². The van der Waals surface area contributed by atoms with Crippen molar-refractivity contribution in [3.05, 3.63) is 70.8 Å². The van der Waals surface area contributed by atoms with Gasteiger partial charge in [0.15, 0.2) is 0 Å². The fourth-order valence-electron chi connectivity index (χ4n) is 7.95. The highest BCUT2D eigenvalue weighted by molar-refractivity contribution is 5.98. The molecule has 314 valence electrons. The first kappa shape index (κ1) is 43.7. The fourth-order valence-corrected chi connectivity index (χ4v) is 7.95. The molecule has 3 saturated heterocycles. The van der Waals surface area contributed by atoms with Gasteiger partial charge in [0.05, 0.1) is 12.5 Å². The van der Waals surface area contributed by atoms with Gasteiger partial charge in [0.1, 0.15) is 54.0 Å². The number of halogens is 2. The predicted molar refractivity (Wildman–Crippen MR) is 204 cm³/mol. The predicted octanol–water partition coefficient (Wildman–Crippen LogP) is 0.914. The van der Waals surface area contributed by atoms with Gasteiger partial charge in [-0.05, 0) is 76.1 Å². The van der Waals surface area contributed by atoms with Crippen LogP contribution in [-0.2, 0) is 51.1 Å². The van der Waals surface area contributed by atoms with Gasteiger partial charge < -0.3 is 40.5 Å². The van der Waals surface area contributed by atoms with Crippen molar-refractivity contribution >= 4 is 41.4 Å². The molecule has 0 radical (unpaired) electrons. The topological polar surface area (TPSA) is 195 Å². The van der Waals surface area contributed by atoms with Crippen molar-refractivity contribution in [2.45, 2.75) is 115 Å². The molecule has 3 heterocycles. The molecule has 1 unspecified atom stereocenters. The third-order valence-electron chi connectivity index (χ3n) is 10.9. The SMILES string of the molecule is Cc1ccc(CC(=O)N[C@@H](Cc2cc(F)cc(F)c2)C(=O)N[C@@H]2C(=O)N3CCC[C@H]3C(=O)N(C)[C@@H](C(C)O)C(=O)N[C@@H](C)C(=O)N3C[C@@H](C)C[C@H]3C(=O)O[C@H]2C)cc1. The van der Waals surface area contributed by atoms with Crippen LogP contribution in [0.25, 0.3) is 0 Å². The summed E-state index contributed by atoms with van der Waals surface area (Å²) >= 11 is 0. The van der Waals surface area contributed by atoms with Crippen molar-refractivity contribution in [2.75, 3.05) is 20.1 Å². The molecule has 3 aliphatic rings. The molecule has 4 N–H and O–H groups in total. The van der Waals surface area contributed by atoms with Crippen LogP contribution < -0.4 is 16.0 Å². The summed E-state index contributed by atoms with van der Waals surface area (Å²) in [6.07, 6.45) is -2.65. The molecule has 5 rings (SSSR count). The number of benzene rings is 2.